The highest BCUT2D eigenvalue weighted by molar-refractivity contribution is 5.95. The summed E-state index contributed by atoms with van der Waals surface area (Å²) in [4.78, 5) is 15.1. The molecule has 0 bridgehead atoms. The van der Waals surface area contributed by atoms with Gasteiger partial charge in [-0.25, -0.2) is 0 Å². The highest BCUT2D eigenvalue weighted by Gasteiger charge is 2.24. The molecule has 0 aliphatic carbocycles. The Morgan fingerprint density at radius 1 is 1.04 bits per heavy atom. The topological polar surface area (TPSA) is 50.8 Å². The average Bonchev–Trinajstić information content (AvgIpc) is 3.22. The normalized spacial score (nSPS) is 15.5. The van der Waals surface area contributed by atoms with Crippen LogP contribution in [0.5, 0.6) is 11.5 Å². The van der Waals surface area contributed by atoms with Crippen molar-refractivity contribution in [3.8, 4) is 11.5 Å². The molecule has 3 rings (SSSR count). The monoisotopic (exact) mass is 354 g/mol. The van der Waals surface area contributed by atoms with Crippen molar-refractivity contribution in [3.63, 3.8) is 0 Å². The standard InChI is InChI=1S/C21H26N2O3/c1-25-18-12-17(13-19(14-18)26-2)21(24)22-15-20(23-10-6-7-11-23)16-8-4-3-5-9-16/h3-5,8-9,12-14,20H,6-7,10-11,15H2,1-2H3,(H,22,24). The van der Waals surface area contributed by atoms with E-state index in [4.69, 9.17) is 9.47 Å². The molecule has 1 atom stereocenters. The first-order valence-electron chi connectivity index (χ1n) is 9.01. The summed E-state index contributed by atoms with van der Waals surface area (Å²) in [6.45, 7) is 2.72. The zero-order chi connectivity index (χ0) is 18.4. The van der Waals surface area contributed by atoms with E-state index in [0.717, 1.165) is 13.1 Å². The molecule has 2 aromatic rings. The van der Waals surface area contributed by atoms with Crippen LogP contribution in [-0.2, 0) is 0 Å². The molecule has 1 unspecified atom stereocenters. The van der Waals surface area contributed by atoms with Gasteiger partial charge < -0.3 is 14.8 Å². The number of benzene rings is 2. The molecule has 5 nitrogen and oxygen atoms in total. The number of rotatable bonds is 7. The lowest BCUT2D eigenvalue weighted by molar-refractivity contribution is 0.0937. The Labute approximate surface area is 154 Å². The predicted molar refractivity (Wildman–Crippen MR) is 102 cm³/mol. The molecular formula is C21H26N2O3. The minimum atomic E-state index is -0.123. The fourth-order valence-electron chi connectivity index (χ4n) is 3.42. The predicted octanol–water partition coefficient (Wildman–Crippen LogP) is 3.27. The number of methoxy groups -OCH3 is 2. The third kappa shape index (κ3) is 4.35. The minimum absolute atomic E-state index is 0.123. The van der Waals surface area contributed by atoms with Crippen LogP contribution in [0.4, 0.5) is 0 Å². The van der Waals surface area contributed by atoms with E-state index in [1.54, 1.807) is 32.4 Å². The Bertz CT molecular complexity index is 705. The summed E-state index contributed by atoms with van der Waals surface area (Å²) in [6, 6.07) is 15.8. The van der Waals surface area contributed by atoms with Crippen LogP contribution in [0.2, 0.25) is 0 Å². The van der Waals surface area contributed by atoms with Crippen LogP contribution in [-0.4, -0.2) is 44.7 Å². The van der Waals surface area contributed by atoms with E-state index < -0.39 is 0 Å². The van der Waals surface area contributed by atoms with Crippen molar-refractivity contribution in [3.05, 3.63) is 59.7 Å². The first-order chi connectivity index (χ1) is 12.7. The highest BCUT2D eigenvalue weighted by Crippen LogP contribution is 2.25. The van der Waals surface area contributed by atoms with Crippen molar-refractivity contribution < 1.29 is 14.3 Å². The fraction of sp³-hybridized carbons (Fsp3) is 0.381. The minimum Gasteiger partial charge on any atom is -0.497 e. The summed E-state index contributed by atoms with van der Waals surface area (Å²) in [5.41, 5.74) is 1.77. The van der Waals surface area contributed by atoms with Crippen molar-refractivity contribution in [1.82, 2.24) is 10.2 Å². The molecule has 1 aliphatic rings. The molecule has 0 radical (unpaired) electrons. The SMILES string of the molecule is COc1cc(OC)cc(C(=O)NCC(c2ccccc2)N2CCCC2)c1. The molecule has 1 heterocycles. The van der Waals surface area contributed by atoms with Gasteiger partial charge in [-0.1, -0.05) is 30.3 Å². The van der Waals surface area contributed by atoms with Crippen LogP contribution in [0.1, 0.15) is 34.8 Å². The van der Waals surface area contributed by atoms with Crippen molar-refractivity contribution >= 4 is 5.91 Å². The van der Waals surface area contributed by atoms with Gasteiger partial charge in [0, 0.05) is 18.2 Å². The van der Waals surface area contributed by atoms with E-state index >= 15 is 0 Å². The number of carbonyl (C=O) groups is 1. The maximum absolute atomic E-state index is 12.7. The Morgan fingerprint density at radius 2 is 1.65 bits per heavy atom. The zero-order valence-corrected chi connectivity index (χ0v) is 15.4. The summed E-state index contributed by atoms with van der Waals surface area (Å²) in [6.07, 6.45) is 2.43. The van der Waals surface area contributed by atoms with E-state index in [1.165, 1.54) is 18.4 Å². The van der Waals surface area contributed by atoms with E-state index in [1.807, 2.05) is 18.2 Å². The van der Waals surface area contributed by atoms with Gasteiger partial charge in [0.25, 0.3) is 5.91 Å². The Hall–Kier alpha value is -2.53. The molecule has 2 aromatic carbocycles. The molecular weight excluding hydrogens is 328 g/mol. The number of nitrogens with zero attached hydrogens (tertiary/aromatic N) is 1. The second-order valence-corrected chi connectivity index (χ2v) is 6.48. The molecule has 0 aromatic heterocycles. The Balaban J connectivity index is 1.73. The number of hydrogen-bond acceptors (Lipinski definition) is 4. The zero-order valence-electron chi connectivity index (χ0n) is 15.4. The fourth-order valence-corrected chi connectivity index (χ4v) is 3.42. The number of ether oxygens (including phenoxy) is 2. The van der Waals surface area contributed by atoms with Crippen LogP contribution in [0, 0.1) is 0 Å². The van der Waals surface area contributed by atoms with E-state index in [2.05, 4.69) is 22.3 Å². The first kappa shape index (κ1) is 18.3. The van der Waals surface area contributed by atoms with Gasteiger partial charge in [-0.05, 0) is 43.6 Å². The number of nitrogens with one attached hydrogen (secondary N) is 1. The number of amides is 1. The van der Waals surface area contributed by atoms with E-state index in [0.29, 0.717) is 23.6 Å². The molecule has 5 heteroatoms. The van der Waals surface area contributed by atoms with Crippen LogP contribution >= 0.6 is 0 Å². The third-order valence-electron chi connectivity index (χ3n) is 4.84. The van der Waals surface area contributed by atoms with Crippen LogP contribution in [0.25, 0.3) is 0 Å². The largest absolute Gasteiger partial charge is 0.497 e. The van der Waals surface area contributed by atoms with Gasteiger partial charge in [0.1, 0.15) is 11.5 Å². The maximum Gasteiger partial charge on any atom is 0.251 e. The lowest BCUT2D eigenvalue weighted by Crippen LogP contribution is -2.36. The Morgan fingerprint density at radius 3 is 2.23 bits per heavy atom. The number of likely N-dealkylation sites (tertiary alicyclic amines) is 1. The molecule has 1 fully saturated rings. The second kappa shape index (κ2) is 8.72. The number of carbonyl (C=O) groups excluding carboxylic acids is 1. The van der Waals surface area contributed by atoms with E-state index in [9.17, 15) is 4.79 Å². The summed E-state index contributed by atoms with van der Waals surface area (Å²) in [5.74, 6) is 1.09. The van der Waals surface area contributed by atoms with Crippen molar-refractivity contribution in [2.45, 2.75) is 18.9 Å². The molecule has 0 saturated carbocycles. The van der Waals surface area contributed by atoms with Crippen LogP contribution in [0.3, 0.4) is 0 Å². The molecule has 1 amide bonds. The maximum atomic E-state index is 12.7. The lowest BCUT2D eigenvalue weighted by Gasteiger charge is -2.28. The van der Waals surface area contributed by atoms with Gasteiger partial charge in [-0.15, -0.1) is 0 Å². The van der Waals surface area contributed by atoms with Gasteiger partial charge >= 0.3 is 0 Å². The van der Waals surface area contributed by atoms with Crippen LogP contribution < -0.4 is 14.8 Å². The molecule has 1 aliphatic heterocycles. The summed E-state index contributed by atoms with van der Waals surface area (Å²) >= 11 is 0. The summed E-state index contributed by atoms with van der Waals surface area (Å²) < 4.78 is 10.5. The van der Waals surface area contributed by atoms with Gasteiger partial charge in [0.15, 0.2) is 0 Å². The van der Waals surface area contributed by atoms with Gasteiger partial charge in [-0.2, -0.15) is 0 Å². The van der Waals surface area contributed by atoms with Gasteiger partial charge in [0.2, 0.25) is 0 Å². The van der Waals surface area contributed by atoms with Crippen molar-refractivity contribution in [2.24, 2.45) is 0 Å². The molecule has 1 N–H and O–H groups in total. The molecule has 26 heavy (non-hydrogen) atoms. The van der Waals surface area contributed by atoms with Gasteiger partial charge in [-0.3, -0.25) is 9.69 Å². The molecule has 1 saturated heterocycles. The molecule has 138 valence electrons. The van der Waals surface area contributed by atoms with Gasteiger partial charge in [0.05, 0.1) is 20.3 Å². The van der Waals surface area contributed by atoms with E-state index in [-0.39, 0.29) is 11.9 Å². The number of hydrogen-bond donors (Lipinski definition) is 1. The smallest absolute Gasteiger partial charge is 0.251 e. The lowest BCUT2D eigenvalue weighted by atomic mass is 10.1. The highest BCUT2D eigenvalue weighted by atomic mass is 16.5. The van der Waals surface area contributed by atoms with Crippen molar-refractivity contribution in [2.75, 3.05) is 33.9 Å². The summed E-state index contributed by atoms with van der Waals surface area (Å²) in [7, 11) is 3.16. The molecule has 0 spiro atoms. The first-order valence-corrected chi connectivity index (χ1v) is 9.01. The second-order valence-electron chi connectivity index (χ2n) is 6.48. The summed E-state index contributed by atoms with van der Waals surface area (Å²) in [5, 5.41) is 3.09. The quantitative estimate of drug-likeness (QED) is 0.829. The Kier molecular flexibility index (Phi) is 6.12. The average molecular weight is 354 g/mol. The van der Waals surface area contributed by atoms with Crippen LogP contribution in [0.15, 0.2) is 48.5 Å². The van der Waals surface area contributed by atoms with Crippen molar-refractivity contribution in [1.29, 1.82) is 0 Å². The third-order valence-corrected chi connectivity index (χ3v) is 4.84.